The lowest BCUT2D eigenvalue weighted by atomic mass is 9.94. The highest BCUT2D eigenvalue weighted by molar-refractivity contribution is 5.80. The van der Waals surface area contributed by atoms with Crippen LogP contribution in [0, 0.1) is 5.92 Å². The van der Waals surface area contributed by atoms with E-state index in [2.05, 4.69) is 4.90 Å². The monoisotopic (exact) mass is 297 g/mol. The van der Waals surface area contributed by atoms with E-state index in [1.54, 1.807) is 6.92 Å². The lowest BCUT2D eigenvalue weighted by Crippen LogP contribution is -2.55. The van der Waals surface area contributed by atoms with Gasteiger partial charge in [-0.25, -0.2) is 0 Å². The average molecular weight is 297 g/mol. The van der Waals surface area contributed by atoms with Crippen molar-refractivity contribution >= 4 is 11.8 Å². The molecule has 21 heavy (non-hydrogen) atoms. The molecular formula is C15H27N3O3. The topological polar surface area (TPSA) is 53.1 Å². The van der Waals surface area contributed by atoms with Gasteiger partial charge in [0.1, 0.15) is 0 Å². The van der Waals surface area contributed by atoms with Crippen molar-refractivity contribution in [2.24, 2.45) is 5.92 Å². The molecule has 120 valence electrons. The zero-order valence-electron chi connectivity index (χ0n) is 13.4. The van der Waals surface area contributed by atoms with Crippen LogP contribution in [-0.2, 0) is 14.3 Å². The summed E-state index contributed by atoms with van der Waals surface area (Å²) in [5.41, 5.74) is 0. The van der Waals surface area contributed by atoms with Crippen molar-refractivity contribution in [3.63, 3.8) is 0 Å². The summed E-state index contributed by atoms with van der Waals surface area (Å²) < 4.78 is 5.53. The summed E-state index contributed by atoms with van der Waals surface area (Å²) in [6.07, 6.45) is 1.56. The second-order valence-corrected chi connectivity index (χ2v) is 6.30. The molecular weight excluding hydrogens is 270 g/mol. The highest BCUT2D eigenvalue weighted by Crippen LogP contribution is 2.22. The number of carbonyl (C=O) groups excluding carboxylic acids is 2. The predicted octanol–water partition coefficient (Wildman–Crippen LogP) is 0.0339. The van der Waals surface area contributed by atoms with Crippen molar-refractivity contribution in [3.05, 3.63) is 0 Å². The van der Waals surface area contributed by atoms with Crippen molar-refractivity contribution in [1.82, 2.24) is 14.7 Å². The minimum atomic E-state index is 0.0587. The summed E-state index contributed by atoms with van der Waals surface area (Å²) in [7, 11) is 4.03. The van der Waals surface area contributed by atoms with Crippen LogP contribution in [0.1, 0.15) is 19.8 Å². The second kappa shape index (κ2) is 7.22. The third-order valence-electron chi connectivity index (χ3n) is 4.38. The highest BCUT2D eigenvalue weighted by Gasteiger charge is 2.34. The number of morpholine rings is 1. The number of hydrogen-bond acceptors (Lipinski definition) is 4. The van der Waals surface area contributed by atoms with E-state index in [0.717, 1.165) is 19.4 Å². The standard InChI is InChI=1S/C15H27N3O3/c1-12(19)17-6-4-13(5-7-17)15(20)18-8-9-21-11-14(18)10-16(2)3/h13-14H,4-11H2,1-3H3/t14-/m1/s1. The Morgan fingerprint density at radius 2 is 1.86 bits per heavy atom. The molecule has 2 rings (SSSR count). The molecule has 2 heterocycles. The highest BCUT2D eigenvalue weighted by atomic mass is 16.5. The fourth-order valence-electron chi connectivity index (χ4n) is 3.19. The van der Waals surface area contributed by atoms with Crippen molar-refractivity contribution in [2.45, 2.75) is 25.8 Å². The number of likely N-dealkylation sites (tertiary alicyclic amines) is 1. The van der Waals surface area contributed by atoms with Gasteiger partial charge < -0.3 is 19.4 Å². The molecule has 0 aromatic rings. The van der Waals surface area contributed by atoms with E-state index in [1.165, 1.54) is 0 Å². The molecule has 2 saturated heterocycles. The maximum Gasteiger partial charge on any atom is 0.226 e. The molecule has 0 spiro atoms. The number of ether oxygens (including phenoxy) is 1. The predicted molar refractivity (Wildman–Crippen MR) is 79.9 cm³/mol. The molecule has 2 fully saturated rings. The first-order valence-corrected chi connectivity index (χ1v) is 7.77. The normalized spacial score (nSPS) is 24.5. The van der Waals surface area contributed by atoms with E-state index in [4.69, 9.17) is 4.74 Å². The molecule has 0 unspecified atom stereocenters. The number of hydrogen-bond donors (Lipinski definition) is 0. The molecule has 0 N–H and O–H groups in total. The van der Waals surface area contributed by atoms with Gasteiger partial charge in [0.2, 0.25) is 11.8 Å². The first-order valence-electron chi connectivity index (χ1n) is 7.77. The maximum atomic E-state index is 12.8. The summed E-state index contributed by atoms with van der Waals surface area (Å²) in [5, 5.41) is 0. The van der Waals surface area contributed by atoms with Crippen LogP contribution in [0.3, 0.4) is 0 Å². The van der Waals surface area contributed by atoms with Gasteiger partial charge in [0.25, 0.3) is 0 Å². The van der Waals surface area contributed by atoms with Crippen LogP contribution in [0.15, 0.2) is 0 Å². The quantitative estimate of drug-likeness (QED) is 0.738. The number of nitrogens with zero attached hydrogens (tertiary/aromatic N) is 3. The number of rotatable bonds is 3. The van der Waals surface area contributed by atoms with Crippen molar-refractivity contribution in [3.8, 4) is 0 Å². The van der Waals surface area contributed by atoms with E-state index >= 15 is 0 Å². The maximum absolute atomic E-state index is 12.8. The van der Waals surface area contributed by atoms with E-state index in [1.807, 2.05) is 23.9 Å². The van der Waals surface area contributed by atoms with Gasteiger partial charge in [-0.3, -0.25) is 9.59 Å². The summed E-state index contributed by atoms with van der Waals surface area (Å²) in [6.45, 7) is 5.76. The Balaban J connectivity index is 1.93. The first-order chi connectivity index (χ1) is 9.99. The largest absolute Gasteiger partial charge is 0.377 e. The summed E-state index contributed by atoms with van der Waals surface area (Å²) in [6, 6.07) is 0.145. The van der Waals surface area contributed by atoms with E-state index in [-0.39, 0.29) is 23.8 Å². The summed E-state index contributed by atoms with van der Waals surface area (Å²) in [4.78, 5) is 30.1. The van der Waals surface area contributed by atoms with Crippen molar-refractivity contribution in [2.75, 3.05) is 53.5 Å². The minimum absolute atomic E-state index is 0.0587. The molecule has 0 saturated carbocycles. The van der Waals surface area contributed by atoms with Gasteiger partial charge in [-0.2, -0.15) is 0 Å². The molecule has 2 aliphatic heterocycles. The minimum Gasteiger partial charge on any atom is -0.377 e. The Morgan fingerprint density at radius 1 is 1.19 bits per heavy atom. The molecule has 0 radical (unpaired) electrons. The Kier molecular flexibility index (Phi) is 5.58. The molecule has 2 amide bonds. The number of amides is 2. The Morgan fingerprint density at radius 3 is 2.43 bits per heavy atom. The number of piperidine rings is 1. The van der Waals surface area contributed by atoms with Crippen LogP contribution in [0.2, 0.25) is 0 Å². The summed E-state index contributed by atoms with van der Waals surface area (Å²) in [5.74, 6) is 0.412. The molecule has 2 aliphatic rings. The van der Waals surface area contributed by atoms with Crippen LogP contribution in [-0.4, -0.2) is 86.0 Å². The Hall–Kier alpha value is -1.14. The van der Waals surface area contributed by atoms with Crippen LogP contribution in [0.5, 0.6) is 0 Å². The molecule has 0 aliphatic carbocycles. The summed E-state index contributed by atoms with van der Waals surface area (Å²) >= 11 is 0. The third kappa shape index (κ3) is 4.17. The smallest absolute Gasteiger partial charge is 0.226 e. The fourth-order valence-corrected chi connectivity index (χ4v) is 3.19. The molecule has 0 aromatic heterocycles. The molecule has 1 atom stereocenters. The molecule has 6 heteroatoms. The van der Waals surface area contributed by atoms with Crippen LogP contribution in [0.4, 0.5) is 0 Å². The van der Waals surface area contributed by atoms with E-state index in [9.17, 15) is 9.59 Å². The average Bonchev–Trinajstić information content (AvgIpc) is 2.46. The molecule has 0 aromatic carbocycles. The van der Waals surface area contributed by atoms with Gasteiger partial charge >= 0.3 is 0 Å². The zero-order valence-corrected chi connectivity index (χ0v) is 13.4. The van der Waals surface area contributed by atoms with Gasteiger partial charge in [0, 0.05) is 39.0 Å². The molecule has 6 nitrogen and oxygen atoms in total. The zero-order chi connectivity index (χ0) is 15.4. The molecule has 0 bridgehead atoms. The number of likely N-dealkylation sites (N-methyl/N-ethyl adjacent to an activating group) is 1. The first kappa shape index (κ1) is 16.2. The van der Waals surface area contributed by atoms with Gasteiger partial charge in [-0.1, -0.05) is 0 Å². The number of carbonyl (C=O) groups is 2. The lowest BCUT2D eigenvalue weighted by molar-refractivity contribution is -0.147. The Bertz CT molecular complexity index is 378. The SMILES string of the molecule is CC(=O)N1CCC(C(=O)N2CCOC[C@H]2CN(C)C)CC1. The fraction of sp³-hybridized carbons (Fsp3) is 0.867. The lowest BCUT2D eigenvalue weighted by Gasteiger charge is -2.40. The van der Waals surface area contributed by atoms with Crippen LogP contribution < -0.4 is 0 Å². The van der Waals surface area contributed by atoms with Crippen LogP contribution in [0.25, 0.3) is 0 Å². The van der Waals surface area contributed by atoms with Crippen molar-refractivity contribution in [1.29, 1.82) is 0 Å². The van der Waals surface area contributed by atoms with Gasteiger partial charge in [-0.15, -0.1) is 0 Å². The van der Waals surface area contributed by atoms with Gasteiger partial charge in [-0.05, 0) is 26.9 Å². The van der Waals surface area contributed by atoms with E-state index < -0.39 is 0 Å². The van der Waals surface area contributed by atoms with Gasteiger partial charge in [0.15, 0.2) is 0 Å². The third-order valence-corrected chi connectivity index (χ3v) is 4.38. The Labute approximate surface area is 127 Å². The van der Waals surface area contributed by atoms with Crippen molar-refractivity contribution < 1.29 is 14.3 Å². The second-order valence-electron chi connectivity index (χ2n) is 6.30. The van der Waals surface area contributed by atoms with Crippen LogP contribution >= 0.6 is 0 Å². The van der Waals surface area contributed by atoms with E-state index in [0.29, 0.717) is 32.8 Å². The van der Waals surface area contributed by atoms with Gasteiger partial charge in [0.05, 0.1) is 19.3 Å².